The van der Waals surface area contributed by atoms with Gasteiger partial charge in [0, 0.05) is 34.8 Å². The van der Waals surface area contributed by atoms with Gasteiger partial charge in [-0.2, -0.15) is 0 Å². The van der Waals surface area contributed by atoms with Crippen molar-refractivity contribution in [3.05, 3.63) is 144 Å². The second-order valence-corrected chi connectivity index (χ2v) is 10.6. The van der Waals surface area contributed by atoms with Gasteiger partial charge in [-0.1, -0.05) is 84.9 Å². The summed E-state index contributed by atoms with van der Waals surface area (Å²) in [4.78, 5) is 9.34. The molecule has 1 N–H and O–H groups in total. The van der Waals surface area contributed by atoms with Gasteiger partial charge in [0.1, 0.15) is 0 Å². The van der Waals surface area contributed by atoms with E-state index in [1.54, 1.807) is 0 Å². The lowest BCUT2D eigenvalue weighted by atomic mass is 9.79. The Labute approximate surface area is 233 Å². The highest BCUT2D eigenvalue weighted by Gasteiger charge is 2.30. The van der Waals surface area contributed by atoms with Crippen LogP contribution in [0.1, 0.15) is 34.7 Å². The third-order valence-corrected chi connectivity index (χ3v) is 8.29. The molecule has 1 atom stereocenters. The van der Waals surface area contributed by atoms with Crippen LogP contribution >= 0.6 is 0 Å². The van der Waals surface area contributed by atoms with Crippen LogP contribution in [0.3, 0.4) is 0 Å². The molecule has 2 aromatic heterocycles. The van der Waals surface area contributed by atoms with Gasteiger partial charge >= 0.3 is 0 Å². The first-order chi connectivity index (χ1) is 19.8. The lowest BCUT2D eigenvalue weighted by Crippen LogP contribution is -2.20. The molecule has 0 radical (unpaired) electrons. The Bertz CT molecular complexity index is 1920. The first-order valence-electron chi connectivity index (χ1n) is 13.9. The van der Waals surface area contributed by atoms with Gasteiger partial charge in [-0.05, 0) is 81.8 Å². The molecular formula is C37H27N3. The summed E-state index contributed by atoms with van der Waals surface area (Å²) >= 11 is 0. The molecule has 0 saturated heterocycles. The monoisotopic (exact) mass is 513 g/mol. The van der Waals surface area contributed by atoms with Crippen LogP contribution in [0.5, 0.6) is 0 Å². The van der Waals surface area contributed by atoms with Crippen LogP contribution in [-0.4, -0.2) is 9.97 Å². The van der Waals surface area contributed by atoms with Crippen molar-refractivity contribution in [1.82, 2.24) is 9.97 Å². The Balaban J connectivity index is 1.42. The van der Waals surface area contributed by atoms with Gasteiger partial charge in [0.15, 0.2) is 0 Å². The maximum atomic E-state index is 5.16. The van der Waals surface area contributed by atoms with Crippen molar-refractivity contribution in [1.29, 1.82) is 0 Å². The van der Waals surface area contributed by atoms with Crippen LogP contribution in [0.2, 0.25) is 0 Å². The molecule has 2 aliphatic rings. The van der Waals surface area contributed by atoms with Gasteiger partial charge in [-0.25, -0.2) is 4.98 Å². The summed E-state index contributed by atoms with van der Waals surface area (Å²) in [6.07, 6.45) is 10.3. The molecule has 3 heterocycles. The number of pyridine rings is 2. The van der Waals surface area contributed by atoms with Crippen LogP contribution in [0.4, 0.5) is 5.69 Å². The van der Waals surface area contributed by atoms with E-state index < -0.39 is 0 Å². The zero-order chi connectivity index (χ0) is 26.5. The van der Waals surface area contributed by atoms with Crippen LogP contribution in [0.25, 0.3) is 50.5 Å². The summed E-state index contributed by atoms with van der Waals surface area (Å²) in [7, 11) is 0. The highest BCUT2D eigenvalue weighted by atomic mass is 14.9. The minimum absolute atomic E-state index is 0.0350. The van der Waals surface area contributed by atoms with E-state index in [-0.39, 0.29) is 6.04 Å². The average molecular weight is 514 g/mol. The fourth-order valence-corrected chi connectivity index (χ4v) is 6.44. The largest absolute Gasteiger partial charge is 0.373 e. The molecule has 0 amide bonds. The molecule has 3 heteroatoms. The van der Waals surface area contributed by atoms with E-state index in [1.165, 1.54) is 49.8 Å². The normalized spacial score (nSPS) is 15.2. The Morgan fingerprint density at radius 3 is 2.38 bits per heavy atom. The molecule has 40 heavy (non-hydrogen) atoms. The highest BCUT2D eigenvalue weighted by Crippen LogP contribution is 2.50. The van der Waals surface area contributed by atoms with Gasteiger partial charge in [0.2, 0.25) is 0 Å². The van der Waals surface area contributed by atoms with E-state index in [1.807, 2.05) is 24.5 Å². The topological polar surface area (TPSA) is 37.8 Å². The Hall–Kier alpha value is -5.02. The number of anilines is 1. The molecule has 0 fully saturated rings. The van der Waals surface area contributed by atoms with Crippen LogP contribution in [-0.2, 0) is 6.42 Å². The Morgan fingerprint density at radius 1 is 0.700 bits per heavy atom. The maximum absolute atomic E-state index is 5.16. The summed E-state index contributed by atoms with van der Waals surface area (Å²) in [5, 5.41) is 6.50. The smallest absolute Gasteiger partial charge is 0.0774 e. The zero-order valence-corrected chi connectivity index (χ0v) is 22.0. The number of fused-ring (bicyclic) bond motifs is 7. The number of rotatable bonds is 3. The number of hydrogen-bond acceptors (Lipinski definition) is 3. The number of nitrogens with one attached hydrogen (secondary N) is 1. The van der Waals surface area contributed by atoms with Crippen molar-refractivity contribution < 1.29 is 0 Å². The predicted octanol–water partition coefficient (Wildman–Crippen LogP) is 9.11. The standard InChI is InChI=1S/C37H27N3/c1-2-10-26(11-3-1)36-32-23-31(34-16-8-15-33(39-34)25-19-21-38-22-20-25)28-13-6-7-14-29(28)35(32)30-18-17-24-9-4-5-12-27(24)37(30)40-36/h1-4,6-11,13-23,36,40H,5,12H2. The summed E-state index contributed by atoms with van der Waals surface area (Å²) in [6.45, 7) is 0. The lowest BCUT2D eigenvalue weighted by Gasteiger charge is -2.34. The van der Waals surface area contributed by atoms with Gasteiger partial charge in [-0.15, -0.1) is 0 Å². The van der Waals surface area contributed by atoms with Crippen molar-refractivity contribution in [2.24, 2.45) is 0 Å². The van der Waals surface area contributed by atoms with Crippen molar-refractivity contribution >= 4 is 22.5 Å². The number of hydrogen-bond donors (Lipinski definition) is 1. The van der Waals surface area contributed by atoms with E-state index in [4.69, 9.17) is 4.98 Å². The second kappa shape index (κ2) is 9.32. The van der Waals surface area contributed by atoms with Crippen LogP contribution in [0, 0.1) is 0 Å². The van der Waals surface area contributed by atoms with Crippen LogP contribution in [0.15, 0.2) is 122 Å². The minimum atomic E-state index is 0.0350. The first-order valence-corrected chi connectivity index (χ1v) is 13.9. The lowest BCUT2D eigenvalue weighted by molar-refractivity contribution is 0.910. The summed E-state index contributed by atoms with van der Waals surface area (Å²) in [6, 6.07) is 37.0. The molecule has 6 aromatic rings. The molecule has 3 nitrogen and oxygen atoms in total. The number of allylic oxidation sites excluding steroid dienone is 1. The molecule has 1 aliphatic heterocycles. The quantitative estimate of drug-likeness (QED) is 0.256. The molecule has 0 bridgehead atoms. The second-order valence-electron chi connectivity index (χ2n) is 10.6. The SMILES string of the molecule is C1=Cc2ccc3c(c2CC1)NC(c1ccccc1)c1cc(-c2cccc(-c4ccncc4)n2)c2ccccc2c1-3. The fraction of sp³-hybridized carbons (Fsp3) is 0.0811. The minimum Gasteiger partial charge on any atom is -0.373 e. The summed E-state index contributed by atoms with van der Waals surface area (Å²) in [5.41, 5.74) is 13.3. The van der Waals surface area contributed by atoms with E-state index >= 15 is 0 Å². The van der Waals surface area contributed by atoms with Crippen molar-refractivity contribution in [2.45, 2.75) is 18.9 Å². The molecule has 1 unspecified atom stereocenters. The third-order valence-electron chi connectivity index (χ3n) is 8.29. The van der Waals surface area contributed by atoms with E-state index in [0.29, 0.717) is 0 Å². The van der Waals surface area contributed by atoms with Crippen LogP contribution < -0.4 is 5.32 Å². The number of nitrogens with zero attached hydrogens (tertiary/aromatic N) is 2. The maximum Gasteiger partial charge on any atom is 0.0774 e. The average Bonchev–Trinajstić information content (AvgIpc) is 3.04. The summed E-state index contributed by atoms with van der Waals surface area (Å²) in [5.74, 6) is 0. The Morgan fingerprint density at radius 2 is 1.50 bits per heavy atom. The van der Waals surface area contributed by atoms with Gasteiger partial charge in [0.05, 0.1) is 17.4 Å². The molecular weight excluding hydrogens is 486 g/mol. The zero-order valence-electron chi connectivity index (χ0n) is 22.0. The highest BCUT2D eigenvalue weighted by molar-refractivity contribution is 6.09. The first kappa shape index (κ1) is 22.9. The molecule has 8 rings (SSSR count). The fourth-order valence-electron chi connectivity index (χ4n) is 6.44. The molecule has 4 aromatic carbocycles. The summed E-state index contributed by atoms with van der Waals surface area (Å²) < 4.78 is 0. The van der Waals surface area contributed by atoms with Gasteiger partial charge < -0.3 is 5.32 Å². The molecule has 190 valence electrons. The predicted molar refractivity (Wildman–Crippen MR) is 165 cm³/mol. The molecule has 1 aliphatic carbocycles. The number of aromatic nitrogens is 2. The van der Waals surface area contributed by atoms with E-state index in [9.17, 15) is 0 Å². The van der Waals surface area contributed by atoms with Gasteiger partial charge in [-0.3, -0.25) is 4.98 Å². The third kappa shape index (κ3) is 3.66. The van der Waals surface area contributed by atoms with Crippen molar-refractivity contribution in [2.75, 3.05) is 5.32 Å². The van der Waals surface area contributed by atoms with E-state index in [2.05, 4.69) is 113 Å². The molecule has 0 saturated carbocycles. The van der Waals surface area contributed by atoms with Gasteiger partial charge in [0.25, 0.3) is 0 Å². The number of benzene rings is 4. The van der Waals surface area contributed by atoms with E-state index in [0.717, 1.165) is 35.4 Å². The molecule has 0 spiro atoms. The Kier molecular flexibility index (Phi) is 5.34. The van der Waals surface area contributed by atoms with Crippen molar-refractivity contribution in [3.8, 4) is 33.6 Å². The van der Waals surface area contributed by atoms with Crippen molar-refractivity contribution in [3.63, 3.8) is 0 Å².